The molecule has 0 aromatic heterocycles. The van der Waals surface area contributed by atoms with E-state index in [0.29, 0.717) is 5.92 Å². The molecule has 0 bridgehead atoms. The summed E-state index contributed by atoms with van der Waals surface area (Å²) >= 11 is 10.5. The third-order valence-corrected chi connectivity index (χ3v) is 18.0. The van der Waals surface area contributed by atoms with Crippen LogP contribution in [-0.2, 0) is 21.3 Å². The average molecular weight is 764 g/mol. The Labute approximate surface area is 304 Å². The summed E-state index contributed by atoms with van der Waals surface area (Å²) in [4.78, 5) is 0. The van der Waals surface area contributed by atoms with Crippen molar-refractivity contribution in [2.45, 2.75) is 37.7 Å². The summed E-state index contributed by atoms with van der Waals surface area (Å²) in [6, 6.07) is 30.8. The fraction of sp³-hybridized carbons (Fsp3) is 0.195. The summed E-state index contributed by atoms with van der Waals surface area (Å²) in [6.07, 6.45) is 10.1. The van der Waals surface area contributed by atoms with Gasteiger partial charge in [0.05, 0.1) is 0 Å². The number of hydrogen-bond donors (Lipinski definition) is 0. The van der Waals surface area contributed by atoms with Crippen LogP contribution in [0.2, 0.25) is 10.0 Å². The van der Waals surface area contributed by atoms with Gasteiger partial charge >= 0.3 is 283 Å². The molecule has 0 nitrogen and oxygen atoms in total. The molecule has 2 aliphatic carbocycles. The van der Waals surface area contributed by atoms with Crippen molar-refractivity contribution in [3.05, 3.63) is 163 Å². The Kier molecular flexibility index (Phi) is 11.8. The molecule has 0 saturated carbocycles. The standard InChI is InChI=1S/C17H13.C13H8Cl2.C11H17.2ClH.Zr/c1-3-12-5-7-14-11-15-8-6-13(4-2)10-17(15)16(14)9-12;14-12-5-1-3-10(8-12)7-11-4-2-6-13(15)9-11;1-5-9-6-7-10(8-9)11(2,3)4;;;/h3-11H,1-2H2;1-6,8-9H;7-9H,5H2,1-4H3;2*1H;/q;;;;;+2/p-2. The van der Waals surface area contributed by atoms with Gasteiger partial charge in [0, 0.05) is 0 Å². The number of fused-ring (bicyclic) bond motifs is 3. The van der Waals surface area contributed by atoms with Crippen LogP contribution in [0.3, 0.4) is 0 Å². The maximum Gasteiger partial charge on any atom is -1.00 e. The van der Waals surface area contributed by atoms with E-state index < -0.39 is 21.3 Å². The number of benzene rings is 4. The Morgan fingerprint density at radius 2 is 1.26 bits per heavy atom. The predicted octanol–water partition coefficient (Wildman–Crippen LogP) is 6.14. The van der Waals surface area contributed by atoms with Crippen molar-refractivity contribution in [1.82, 2.24) is 0 Å². The molecule has 2 aliphatic rings. The first-order valence-corrected chi connectivity index (χ1v) is 20.0. The molecule has 1 unspecified atom stereocenters. The summed E-state index contributed by atoms with van der Waals surface area (Å²) in [5, 5.41) is 1.51. The van der Waals surface area contributed by atoms with Crippen molar-refractivity contribution in [3.8, 4) is 11.1 Å². The van der Waals surface area contributed by atoms with Gasteiger partial charge in [0.2, 0.25) is 0 Å². The van der Waals surface area contributed by atoms with Gasteiger partial charge in [-0.15, -0.1) is 0 Å². The molecule has 0 radical (unpaired) electrons. The van der Waals surface area contributed by atoms with Crippen LogP contribution in [0, 0.1) is 11.3 Å². The van der Waals surface area contributed by atoms with Gasteiger partial charge in [-0.05, 0) is 0 Å². The smallest absolute Gasteiger partial charge is 1.00 e. The maximum atomic E-state index is 6.74. The second kappa shape index (κ2) is 14.9. The number of rotatable bonds is 7. The van der Waals surface area contributed by atoms with Crippen LogP contribution in [0.15, 0.2) is 119 Å². The van der Waals surface area contributed by atoms with E-state index in [-0.39, 0.29) is 33.9 Å². The zero-order valence-corrected chi connectivity index (χ0v) is 32.2. The van der Waals surface area contributed by atoms with Crippen molar-refractivity contribution in [3.63, 3.8) is 0 Å². The summed E-state index contributed by atoms with van der Waals surface area (Å²) in [6.45, 7) is 17.5. The second-order valence-electron chi connectivity index (χ2n) is 12.8. The Hall–Kier alpha value is -2.25. The summed E-state index contributed by atoms with van der Waals surface area (Å²) in [7, 11) is 0. The van der Waals surface area contributed by atoms with Gasteiger partial charge in [0.25, 0.3) is 0 Å². The van der Waals surface area contributed by atoms with E-state index in [1.807, 2.05) is 24.3 Å². The van der Waals surface area contributed by atoms with Crippen LogP contribution in [-0.4, -0.2) is 3.21 Å². The first-order valence-electron chi connectivity index (χ1n) is 15.4. The number of halogens is 4. The maximum absolute atomic E-state index is 6.74. The molecular weight excluding hydrogens is 725 g/mol. The summed E-state index contributed by atoms with van der Waals surface area (Å²) in [5.74, 6) is 0.402. The second-order valence-corrected chi connectivity index (χ2v) is 19.8. The molecule has 0 amide bonds. The van der Waals surface area contributed by atoms with Crippen molar-refractivity contribution < 1.29 is 46.1 Å². The SMILES string of the molecule is C=Cc1ccc2c(c1)-c1cc(C=C)ccc1[CH]2[Zr+2]([C]1=CC(C(C)(C)C)=CC1CC)=[C](c1cccc(Cl)c1)c1cccc(Cl)c1.[Cl-].[Cl-]. The first-order chi connectivity index (χ1) is 21.1. The molecule has 46 heavy (non-hydrogen) atoms. The van der Waals surface area contributed by atoms with Crippen LogP contribution >= 0.6 is 23.2 Å². The first kappa shape index (κ1) is 36.6. The predicted molar refractivity (Wildman–Crippen MR) is 189 cm³/mol. The fourth-order valence-electron chi connectivity index (χ4n) is 6.78. The molecule has 6 rings (SSSR count). The molecule has 0 heterocycles. The van der Waals surface area contributed by atoms with Crippen LogP contribution in [0.25, 0.3) is 23.3 Å². The molecule has 0 aliphatic heterocycles. The van der Waals surface area contributed by atoms with Crippen molar-refractivity contribution in [1.29, 1.82) is 0 Å². The molecule has 0 N–H and O–H groups in total. The Bertz CT molecular complexity index is 1800. The van der Waals surface area contributed by atoms with Gasteiger partial charge < -0.3 is 24.8 Å². The number of allylic oxidation sites excluding steroid dienone is 4. The van der Waals surface area contributed by atoms with Gasteiger partial charge in [-0.25, -0.2) is 0 Å². The van der Waals surface area contributed by atoms with Crippen LogP contribution < -0.4 is 24.8 Å². The summed E-state index contributed by atoms with van der Waals surface area (Å²) < 4.78 is 3.36. The summed E-state index contributed by atoms with van der Waals surface area (Å²) in [5.41, 5.74) is 11.7. The van der Waals surface area contributed by atoms with E-state index >= 15 is 0 Å². The van der Waals surface area contributed by atoms with Crippen molar-refractivity contribution in [2.75, 3.05) is 0 Å². The minimum absolute atomic E-state index is 0. The molecule has 0 spiro atoms. The molecule has 0 fully saturated rings. The zero-order valence-electron chi connectivity index (χ0n) is 26.7. The molecule has 4 aromatic carbocycles. The van der Waals surface area contributed by atoms with E-state index in [1.165, 1.54) is 42.2 Å². The van der Waals surface area contributed by atoms with Gasteiger partial charge in [-0.3, -0.25) is 0 Å². The average Bonchev–Trinajstić information content (AvgIpc) is 3.59. The molecule has 234 valence electrons. The van der Waals surface area contributed by atoms with E-state index in [2.05, 4.69) is 126 Å². The Morgan fingerprint density at radius 1 is 0.761 bits per heavy atom. The minimum atomic E-state index is -2.98. The zero-order chi connectivity index (χ0) is 31.2. The Morgan fingerprint density at radius 3 is 1.67 bits per heavy atom. The van der Waals surface area contributed by atoms with Gasteiger partial charge in [0.1, 0.15) is 0 Å². The quantitative estimate of drug-likeness (QED) is 0.213. The topological polar surface area (TPSA) is 0 Å². The van der Waals surface area contributed by atoms with Crippen LogP contribution in [0.1, 0.15) is 71.1 Å². The fourth-order valence-corrected chi connectivity index (χ4v) is 16.9. The van der Waals surface area contributed by atoms with Crippen LogP contribution in [0.5, 0.6) is 0 Å². The van der Waals surface area contributed by atoms with E-state index in [9.17, 15) is 0 Å². The van der Waals surface area contributed by atoms with E-state index in [4.69, 9.17) is 23.2 Å². The molecule has 4 aromatic rings. The Balaban J connectivity index is 0.00000240. The largest absolute Gasteiger partial charge is 1.00 e. The van der Waals surface area contributed by atoms with Gasteiger partial charge in [-0.2, -0.15) is 0 Å². The molecule has 1 atom stereocenters. The van der Waals surface area contributed by atoms with Crippen molar-refractivity contribution >= 4 is 38.6 Å². The minimum Gasteiger partial charge on any atom is -1.00 e. The van der Waals surface area contributed by atoms with E-state index in [0.717, 1.165) is 27.6 Å². The third-order valence-electron chi connectivity index (χ3n) is 9.03. The van der Waals surface area contributed by atoms with Gasteiger partial charge in [0.15, 0.2) is 0 Å². The monoisotopic (exact) mass is 760 g/mol. The molecular formula is C41H38Cl4Zr. The van der Waals surface area contributed by atoms with E-state index in [1.54, 1.807) is 3.28 Å². The molecule has 5 heteroatoms. The van der Waals surface area contributed by atoms with Gasteiger partial charge in [-0.1, -0.05) is 0 Å². The van der Waals surface area contributed by atoms with Crippen LogP contribution in [0.4, 0.5) is 0 Å². The third kappa shape index (κ3) is 6.97. The number of hydrogen-bond acceptors (Lipinski definition) is 0. The van der Waals surface area contributed by atoms with Crippen molar-refractivity contribution in [2.24, 2.45) is 11.3 Å². The normalized spacial score (nSPS) is 14.8. The molecule has 0 saturated heterocycles.